The van der Waals surface area contributed by atoms with Gasteiger partial charge < -0.3 is 10.7 Å². The fourth-order valence-electron chi connectivity index (χ4n) is 4.32. The quantitative estimate of drug-likeness (QED) is 0.253. The first kappa shape index (κ1) is 21.9. The third kappa shape index (κ3) is 3.85. The summed E-state index contributed by atoms with van der Waals surface area (Å²) >= 11 is 0. The molecule has 0 saturated heterocycles. The summed E-state index contributed by atoms with van der Waals surface area (Å²) in [5.74, 6) is 0.455. The number of rotatable bonds is 5. The van der Waals surface area contributed by atoms with Crippen LogP contribution in [-0.2, 0) is 10.0 Å². The number of H-pyrrole nitrogens is 2. The highest BCUT2D eigenvalue weighted by atomic mass is 32.2. The highest BCUT2D eigenvalue weighted by Crippen LogP contribution is 2.34. The van der Waals surface area contributed by atoms with Crippen LogP contribution in [0.15, 0.2) is 90.0 Å². The molecule has 9 heteroatoms. The van der Waals surface area contributed by atoms with E-state index in [0.29, 0.717) is 11.5 Å². The Hall–Kier alpha value is -4.63. The molecule has 0 radical (unpaired) electrons. The number of anilines is 2. The van der Waals surface area contributed by atoms with Crippen LogP contribution < -0.4 is 10.5 Å². The van der Waals surface area contributed by atoms with Crippen LogP contribution in [0.1, 0.15) is 5.56 Å². The highest BCUT2D eigenvalue weighted by molar-refractivity contribution is 7.92. The van der Waals surface area contributed by atoms with Gasteiger partial charge in [0.1, 0.15) is 5.65 Å². The van der Waals surface area contributed by atoms with Crippen LogP contribution in [0.2, 0.25) is 0 Å². The van der Waals surface area contributed by atoms with E-state index >= 15 is 0 Å². The van der Waals surface area contributed by atoms with Gasteiger partial charge in [-0.25, -0.2) is 13.4 Å². The molecule has 36 heavy (non-hydrogen) atoms. The van der Waals surface area contributed by atoms with E-state index in [9.17, 15) is 8.42 Å². The number of pyridine rings is 1. The lowest BCUT2D eigenvalue weighted by Gasteiger charge is -2.09. The number of aromatic nitrogens is 4. The molecule has 0 aliphatic heterocycles. The molecule has 0 atom stereocenters. The predicted octanol–water partition coefficient (Wildman–Crippen LogP) is 5.46. The number of hydrogen-bond acceptors (Lipinski definition) is 5. The van der Waals surface area contributed by atoms with Crippen LogP contribution in [0.5, 0.6) is 0 Å². The van der Waals surface area contributed by atoms with Crippen molar-refractivity contribution in [2.75, 3.05) is 10.5 Å². The van der Waals surface area contributed by atoms with Crippen molar-refractivity contribution in [3.05, 3.63) is 90.6 Å². The summed E-state index contributed by atoms with van der Waals surface area (Å²) in [5.41, 5.74) is 12.7. The molecule has 178 valence electrons. The average molecular weight is 495 g/mol. The van der Waals surface area contributed by atoms with Gasteiger partial charge in [0.2, 0.25) is 0 Å². The lowest BCUT2D eigenvalue weighted by atomic mass is 10.0. The fraction of sp³-hybridized carbons (Fsp3) is 0.0370. The Kier molecular flexibility index (Phi) is 5.01. The predicted molar refractivity (Wildman–Crippen MR) is 143 cm³/mol. The zero-order valence-corrected chi connectivity index (χ0v) is 20.1. The van der Waals surface area contributed by atoms with Gasteiger partial charge in [0.05, 0.1) is 10.4 Å². The molecule has 0 unspecified atom stereocenters. The number of benzene rings is 3. The first-order chi connectivity index (χ1) is 17.4. The maximum Gasteiger partial charge on any atom is 0.261 e. The molecule has 0 bridgehead atoms. The molecule has 3 heterocycles. The van der Waals surface area contributed by atoms with Crippen molar-refractivity contribution in [2.45, 2.75) is 11.8 Å². The van der Waals surface area contributed by atoms with E-state index in [-0.39, 0.29) is 4.90 Å². The lowest BCUT2D eigenvalue weighted by Crippen LogP contribution is -2.12. The second kappa shape index (κ2) is 8.24. The highest BCUT2D eigenvalue weighted by Gasteiger charge is 2.15. The summed E-state index contributed by atoms with van der Waals surface area (Å²) in [6.07, 6.45) is 1.76. The maximum absolute atomic E-state index is 12.9. The van der Waals surface area contributed by atoms with E-state index in [0.717, 1.165) is 49.9 Å². The molecule has 3 aromatic heterocycles. The molecule has 3 aromatic carbocycles. The van der Waals surface area contributed by atoms with Crippen molar-refractivity contribution in [1.82, 2.24) is 20.2 Å². The average Bonchev–Trinajstić information content (AvgIpc) is 3.48. The smallest absolute Gasteiger partial charge is 0.261 e. The minimum absolute atomic E-state index is 0.216. The van der Waals surface area contributed by atoms with Crippen molar-refractivity contribution < 1.29 is 8.42 Å². The second-order valence-corrected chi connectivity index (χ2v) is 10.4. The van der Waals surface area contributed by atoms with Gasteiger partial charge in [-0.15, -0.1) is 0 Å². The van der Waals surface area contributed by atoms with Gasteiger partial charge in [0.25, 0.3) is 10.0 Å². The van der Waals surface area contributed by atoms with Crippen molar-refractivity contribution in [2.24, 2.45) is 0 Å². The number of nitrogens with one attached hydrogen (secondary N) is 3. The monoisotopic (exact) mass is 494 g/mol. The molecule has 5 N–H and O–H groups in total. The summed E-state index contributed by atoms with van der Waals surface area (Å²) in [4.78, 5) is 8.08. The molecule has 0 aliphatic rings. The second-order valence-electron chi connectivity index (χ2n) is 8.67. The summed E-state index contributed by atoms with van der Waals surface area (Å²) in [6.45, 7) is 1.92. The normalized spacial score (nSPS) is 11.8. The SMILES string of the molecule is Cc1ccc(S(=O)(=O)Nc2cccc(-c3cc4c(-c5ccc6[nH]nc(N)c6c5)ccnc4[nH]3)c2)cc1. The Morgan fingerprint density at radius 3 is 2.56 bits per heavy atom. The van der Waals surface area contributed by atoms with E-state index in [1.807, 2.05) is 49.4 Å². The molecule has 8 nitrogen and oxygen atoms in total. The number of nitrogens with two attached hydrogens (primary N) is 1. The fourth-order valence-corrected chi connectivity index (χ4v) is 5.37. The zero-order valence-electron chi connectivity index (χ0n) is 19.3. The van der Waals surface area contributed by atoms with Crippen LogP contribution in [0, 0.1) is 6.92 Å². The lowest BCUT2D eigenvalue weighted by molar-refractivity contribution is 0.601. The molecule has 0 saturated carbocycles. The van der Waals surface area contributed by atoms with Crippen molar-refractivity contribution in [3.63, 3.8) is 0 Å². The van der Waals surface area contributed by atoms with E-state index in [2.05, 4.69) is 24.9 Å². The standard InChI is InChI=1S/C27H22N6O2S/c1-16-5-8-20(9-6-16)36(34,35)33-19-4-2-3-18(13-19)25-15-22-21(11-12-29-27(22)30-25)17-7-10-24-23(14-17)26(28)32-31-24/h2-15,33H,1H3,(H,29,30)(H3,28,31,32). The number of fused-ring (bicyclic) bond motifs is 2. The molecular weight excluding hydrogens is 472 g/mol. The number of aryl methyl sites for hydroxylation is 1. The van der Waals surface area contributed by atoms with Crippen molar-refractivity contribution in [1.29, 1.82) is 0 Å². The molecule has 6 aromatic rings. The molecular formula is C27H22N6O2S. The Morgan fingerprint density at radius 1 is 0.889 bits per heavy atom. The summed E-state index contributed by atoms with van der Waals surface area (Å²) in [5, 5.41) is 8.81. The number of nitrogen functional groups attached to an aromatic ring is 1. The van der Waals surface area contributed by atoms with Gasteiger partial charge in [-0.05, 0) is 66.6 Å². The molecule has 6 rings (SSSR count). The first-order valence-corrected chi connectivity index (χ1v) is 12.8. The van der Waals surface area contributed by atoms with Crippen molar-refractivity contribution >= 4 is 43.5 Å². The summed E-state index contributed by atoms with van der Waals surface area (Å²) < 4.78 is 28.4. The Labute approximate surface area is 207 Å². The van der Waals surface area contributed by atoms with Crippen LogP contribution >= 0.6 is 0 Å². The molecule has 0 spiro atoms. The van der Waals surface area contributed by atoms with E-state index in [1.54, 1.807) is 42.6 Å². The van der Waals surface area contributed by atoms with Crippen LogP contribution in [0.4, 0.5) is 11.5 Å². The third-order valence-corrected chi connectivity index (χ3v) is 7.59. The van der Waals surface area contributed by atoms with Gasteiger partial charge in [-0.3, -0.25) is 9.82 Å². The largest absolute Gasteiger partial charge is 0.382 e. The van der Waals surface area contributed by atoms with Gasteiger partial charge in [0.15, 0.2) is 5.82 Å². The maximum atomic E-state index is 12.9. The zero-order chi connectivity index (χ0) is 24.9. The van der Waals surface area contributed by atoms with Crippen molar-refractivity contribution in [3.8, 4) is 22.4 Å². The van der Waals surface area contributed by atoms with Gasteiger partial charge >= 0.3 is 0 Å². The molecule has 0 fully saturated rings. The topological polar surface area (TPSA) is 130 Å². The Balaban J connectivity index is 1.37. The number of hydrogen-bond donors (Lipinski definition) is 4. The number of aromatic amines is 2. The Morgan fingerprint density at radius 2 is 1.72 bits per heavy atom. The summed E-state index contributed by atoms with van der Waals surface area (Å²) in [7, 11) is -3.70. The van der Waals surface area contributed by atoms with Crippen LogP contribution in [0.25, 0.3) is 44.3 Å². The van der Waals surface area contributed by atoms with Crippen LogP contribution in [0.3, 0.4) is 0 Å². The van der Waals surface area contributed by atoms with Crippen LogP contribution in [-0.4, -0.2) is 28.6 Å². The first-order valence-electron chi connectivity index (χ1n) is 11.3. The Bertz CT molecular complexity index is 1850. The number of nitrogens with zero attached hydrogens (tertiary/aromatic N) is 2. The van der Waals surface area contributed by atoms with E-state index in [1.165, 1.54) is 0 Å². The summed E-state index contributed by atoms with van der Waals surface area (Å²) in [6, 6.07) is 24.0. The molecule has 0 amide bonds. The van der Waals surface area contributed by atoms with E-state index < -0.39 is 10.0 Å². The molecule has 0 aliphatic carbocycles. The van der Waals surface area contributed by atoms with Gasteiger partial charge in [-0.2, -0.15) is 5.10 Å². The number of sulfonamides is 1. The van der Waals surface area contributed by atoms with E-state index in [4.69, 9.17) is 5.73 Å². The third-order valence-electron chi connectivity index (χ3n) is 6.19. The minimum Gasteiger partial charge on any atom is -0.382 e. The minimum atomic E-state index is -3.70. The van der Waals surface area contributed by atoms with Gasteiger partial charge in [0, 0.05) is 33.9 Å². The van der Waals surface area contributed by atoms with Gasteiger partial charge in [-0.1, -0.05) is 35.9 Å².